The molecule has 4 heteroatoms. The van der Waals surface area contributed by atoms with E-state index in [1.807, 2.05) is 60.7 Å². The van der Waals surface area contributed by atoms with Crippen LogP contribution in [-0.2, 0) is 0 Å². The van der Waals surface area contributed by atoms with Crippen molar-refractivity contribution in [2.24, 2.45) is 0 Å². The fourth-order valence-electron chi connectivity index (χ4n) is 2.93. The maximum absolute atomic E-state index is 6.18. The van der Waals surface area contributed by atoms with Crippen LogP contribution < -0.4 is 9.47 Å². The molecule has 124 valence electrons. The largest absolute Gasteiger partial charge is 0.497 e. The summed E-state index contributed by atoms with van der Waals surface area (Å²) in [7, 11) is 3.27. The molecule has 2 aromatic heterocycles. The second kappa shape index (κ2) is 6.32. The van der Waals surface area contributed by atoms with Gasteiger partial charge < -0.3 is 13.9 Å². The van der Waals surface area contributed by atoms with Gasteiger partial charge in [-0.25, -0.2) is 4.98 Å². The Morgan fingerprint density at radius 2 is 1.68 bits per heavy atom. The average Bonchev–Trinajstić information content (AvgIpc) is 3.07. The van der Waals surface area contributed by atoms with E-state index in [1.54, 1.807) is 20.4 Å². The number of methoxy groups -OCH3 is 2. The van der Waals surface area contributed by atoms with Crippen molar-refractivity contribution in [3.05, 3.63) is 66.9 Å². The number of ether oxygens (including phenoxy) is 2. The predicted octanol–water partition coefficient (Wildman–Crippen LogP) is 5.18. The van der Waals surface area contributed by atoms with Crippen LogP contribution in [-0.4, -0.2) is 19.2 Å². The zero-order valence-corrected chi connectivity index (χ0v) is 14.0. The Morgan fingerprint density at radius 1 is 0.840 bits per heavy atom. The predicted molar refractivity (Wildman–Crippen MR) is 98.0 cm³/mol. The highest BCUT2D eigenvalue weighted by atomic mass is 16.5. The molecule has 4 rings (SSSR count). The van der Waals surface area contributed by atoms with E-state index in [0.29, 0.717) is 5.88 Å². The van der Waals surface area contributed by atoms with Gasteiger partial charge in [0.2, 0.25) is 5.88 Å². The molecule has 0 bridgehead atoms. The number of fused-ring (bicyclic) bond motifs is 1. The molecular formula is C21H17NO3. The molecule has 0 atom stereocenters. The summed E-state index contributed by atoms with van der Waals surface area (Å²) in [5, 5.41) is 0.991. The third-order valence-corrected chi connectivity index (χ3v) is 4.17. The molecule has 0 unspecified atom stereocenters. The van der Waals surface area contributed by atoms with Crippen LogP contribution in [0.3, 0.4) is 0 Å². The average molecular weight is 331 g/mol. The molecule has 0 N–H and O–H groups in total. The Hall–Kier alpha value is -3.27. The van der Waals surface area contributed by atoms with Gasteiger partial charge in [-0.15, -0.1) is 0 Å². The first-order valence-corrected chi connectivity index (χ1v) is 7.96. The number of nitrogens with zero attached hydrogens (tertiary/aromatic N) is 1. The summed E-state index contributed by atoms with van der Waals surface area (Å²) >= 11 is 0. The highest BCUT2D eigenvalue weighted by molar-refractivity contribution is 6.02. The number of furan rings is 1. The molecule has 2 heterocycles. The van der Waals surface area contributed by atoms with Gasteiger partial charge in [0.15, 0.2) is 0 Å². The molecule has 2 aromatic carbocycles. The Bertz CT molecular complexity index is 1000. The summed E-state index contributed by atoms with van der Waals surface area (Å²) in [5.41, 5.74) is 3.79. The molecule has 0 radical (unpaired) electrons. The topological polar surface area (TPSA) is 44.5 Å². The highest BCUT2D eigenvalue weighted by Gasteiger charge is 2.18. The molecule has 0 aliphatic heterocycles. The zero-order chi connectivity index (χ0) is 17.2. The maximum Gasteiger partial charge on any atom is 0.212 e. The van der Waals surface area contributed by atoms with E-state index in [9.17, 15) is 0 Å². The van der Waals surface area contributed by atoms with Gasteiger partial charge in [-0.05, 0) is 24.3 Å². The molecular weight excluding hydrogens is 314 g/mol. The molecule has 0 amide bonds. The minimum Gasteiger partial charge on any atom is -0.497 e. The molecule has 0 fully saturated rings. The van der Waals surface area contributed by atoms with Crippen LogP contribution >= 0.6 is 0 Å². The first-order valence-electron chi connectivity index (χ1n) is 7.96. The van der Waals surface area contributed by atoms with Crippen LogP contribution in [0.1, 0.15) is 0 Å². The number of hydrogen-bond donors (Lipinski definition) is 0. The third-order valence-electron chi connectivity index (χ3n) is 4.17. The molecule has 0 saturated carbocycles. The Balaban J connectivity index is 2.00. The van der Waals surface area contributed by atoms with Gasteiger partial charge >= 0.3 is 0 Å². The Labute approximate surface area is 145 Å². The van der Waals surface area contributed by atoms with Gasteiger partial charge in [-0.1, -0.05) is 30.3 Å². The van der Waals surface area contributed by atoms with E-state index in [0.717, 1.165) is 39.2 Å². The van der Waals surface area contributed by atoms with Crippen molar-refractivity contribution in [1.29, 1.82) is 0 Å². The lowest BCUT2D eigenvalue weighted by atomic mass is 10.00. The zero-order valence-electron chi connectivity index (χ0n) is 14.0. The van der Waals surface area contributed by atoms with Crippen molar-refractivity contribution in [3.8, 4) is 34.1 Å². The monoisotopic (exact) mass is 331 g/mol. The summed E-state index contributed by atoms with van der Waals surface area (Å²) in [4.78, 5) is 4.34. The van der Waals surface area contributed by atoms with Crippen molar-refractivity contribution < 1.29 is 13.9 Å². The molecule has 25 heavy (non-hydrogen) atoms. The van der Waals surface area contributed by atoms with Crippen molar-refractivity contribution in [3.63, 3.8) is 0 Å². The van der Waals surface area contributed by atoms with E-state index in [1.165, 1.54) is 0 Å². The van der Waals surface area contributed by atoms with E-state index in [2.05, 4.69) is 4.98 Å². The fourth-order valence-corrected chi connectivity index (χ4v) is 2.93. The molecule has 0 aliphatic rings. The second-order valence-corrected chi connectivity index (χ2v) is 5.62. The number of aromatic nitrogens is 1. The number of rotatable bonds is 4. The summed E-state index contributed by atoms with van der Waals surface area (Å²) in [6.45, 7) is 0. The van der Waals surface area contributed by atoms with Crippen molar-refractivity contribution >= 4 is 11.0 Å². The minimum atomic E-state index is 0.579. The van der Waals surface area contributed by atoms with Crippen LogP contribution in [0.25, 0.3) is 33.4 Å². The third kappa shape index (κ3) is 2.72. The normalized spacial score (nSPS) is 10.8. The summed E-state index contributed by atoms with van der Waals surface area (Å²) < 4.78 is 16.7. The highest BCUT2D eigenvalue weighted by Crippen LogP contribution is 2.41. The van der Waals surface area contributed by atoms with Crippen LogP contribution in [0.5, 0.6) is 11.6 Å². The number of hydrogen-bond acceptors (Lipinski definition) is 4. The molecule has 0 saturated heterocycles. The summed E-state index contributed by atoms with van der Waals surface area (Å²) in [6.07, 6.45) is 1.80. The summed E-state index contributed by atoms with van der Waals surface area (Å²) in [6, 6.07) is 19.7. The lowest BCUT2D eigenvalue weighted by molar-refractivity contribution is 0.398. The summed E-state index contributed by atoms with van der Waals surface area (Å²) in [5.74, 6) is 2.18. The van der Waals surface area contributed by atoms with Gasteiger partial charge in [-0.2, -0.15) is 0 Å². The van der Waals surface area contributed by atoms with Gasteiger partial charge in [0.05, 0.1) is 14.2 Å². The van der Waals surface area contributed by atoms with Crippen LogP contribution in [0, 0.1) is 0 Å². The Morgan fingerprint density at radius 3 is 2.36 bits per heavy atom. The maximum atomic E-state index is 6.18. The smallest absolute Gasteiger partial charge is 0.212 e. The van der Waals surface area contributed by atoms with Gasteiger partial charge in [0, 0.05) is 34.3 Å². The van der Waals surface area contributed by atoms with Gasteiger partial charge in [0.25, 0.3) is 0 Å². The fraction of sp³-hybridized carbons (Fsp3) is 0.0952. The van der Waals surface area contributed by atoms with Crippen molar-refractivity contribution in [1.82, 2.24) is 4.98 Å². The van der Waals surface area contributed by atoms with E-state index in [4.69, 9.17) is 13.9 Å². The second-order valence-electron chi connectivity index (χ2n) is 5.62. The lowest BCUT2D eigenvalue weighted by Crippen LogP contribution is -1.88. The van der Waals surface area contributed by atoms with Crippen LogP contribution in [0.15, 0.2) is 71.3 Å². The minimum absolute atomic E-state index is 0.579. The van der Waals surface area contributed by atoms with E-state index >= 15 is 0 Å². The quantitative estimate of drug-likeness (QED) is 0.517. The standard InChI is InChI=1S/C21H17NO3/c1-23-16-9-10-18-17(12-16)20(15-8-11-19(24-2)22-13-15)21(25-18)14-6-4-3-5-7-14/h3-13H,1-2H3. The first-order chi connectivity index (χ1) is 12.3. The molecule has 0 aliphatic carbocycles. The van der Waals surface area contributed by atoms with Crippen molar-refractivity contribution in [2.75, 3.05) is 14.2 Å². The molecule has 0 spiro atoms. The van der Waals surface area contributed by atoms with Gasteiger partial charge in [-0.3, -0.25) is 0 Å². The number of benzene rings is 2. The first kappa shape index (κ1) is 15.3. The van der Waals surface area contributed by atoms with Crippen LogP contribution in [0.2, 0.25) is 0 Å². The lowest BCUT2D eigenvalue weighted by Gasteiger charge is -2.05. The van der Waals surface area contributed by atoms with E-state index < -0.39 is 0 Å². The molecule has 4 nitrogen and oxygen atoms in total. The number of pyridine rings is 1. The Kier molecular flexibility index (Phi) is 3.86. The molecule has 4 aromatic rings. The SMILES string of the molecule is COc1ccc2oc(-c3ccccc3)c(-c3ccc(OC)nc3)c2c1. The van der Waals surface area contributed by atoms with Crippen molar-refractivity contribution in [2.45, 2.75) is 0 Å². The van der Waals surface area contributed by atoms with Gasteiger partial charge in [0.1, 0.15) is 17.1 Å². The van der Waals surface area contributed by atoms with E-state index in [-0.39, 0.29) is 0 Å². The van der Waals surface area contributed by atoms with Crippen LogP contribution in [0.4, 0.5) is 0 Å².